The number of benzene rings is 1. The molecule has 0 fully saturated rings. The Morgan fingerprint density at radius 2 is 2.24 bits per heavy atom. The van der Waals surface area contributed by atoms with Crippen LogP contribution in [0.15, 0.2) is 18.2 Å². The Morgan fingerprint density at radius 3 is 2.88 bits per heavy atom. The van der Waals surface area contributed by atoms with E-state index in [2.05, 4.69) is 15.6 Å². The van der Waals surface area contributed by atoms with Gasteiger partial charge in [-0.05, 0) is 31.5 Å². The summed E-state index contributed by atoms with van der Waals surface area (Å²) in [5, 5.41) is 8.72. The summed E-state index contributed by atoms with van der Waals surface area (Å²) < 4.78 is 2.08. The monoisotopic (exact) mass is 232 g/mol. The number of carboxylic acid groups (broad SMARTS) is 1. The number of aromatic nitrogens is 2. The summed E-state index contributed by atoms with van der Waals surface area (Å²) in [6.45, 7) is 4.89. The molecule has 4 nitrogen and oxygen atoms in total. The quantitative estimate of drug-likeness (QED) is 0.880. The number of rotatable bonds is 4. The lowest BCUT2D eigenvalue weighted by atomic mass is 10.2. The van der Waals surface area contributed by atoms with Gasteiger partial charge in [-0.15, -0.1) is 0 Å². The first kappa shape index (κ1) is 11.6. The molecule has 0 saturated heterocycles. The SMILES string of the molecule is CCn1c(CCC(=O)O)nc2cc(C)ccc21. The van der Waals surface area contributed by atoms with E-state index in [0.29, 0.717) is 6.42 Å². The maximum absolute atomic E-state index is 10.6. The van der Waals surface area contributed by atoms with Crippen LogP contribution in [0.2, 0.25) is 0 Å². The highest BCUT2D eigenvalue weighted by atomic mass is 16.4. The van der Waals surface area contributed by atoms with Crippen LogP contribution >= 0.6 is 0 Å². The number of aliphatic carboxylic acids is 1. The largest absolute Gasteiger partial charge is 0.481 e. The number of fused-ring (bicyclic) bond motifs is 1. The fraction of sp³-hybridized carbons (Fsp3) is 0.385. The number of imidazole rings is 1. The van der Waals surface area contributed by atoms with Crippen LogP contribution in [0.4, 0.5) is 0 Å². The molecular weight excluding hydrogens is 216 g/mol. The molecule has 17 heavy (non-hydrogen) atoms. The van der Waals surface area contributed by atoms with E-state index in [1.165, 1.54) is 5.56 Å². The summed E-state index contributed by atoms with van der Waals surface area (Å²) in [5.41, 5.74) is 3.20. The van der Waals surface area contributed by atoms with E-state index in [-0.39, 0.29) is 6.42 Å². The summed E-state index contributed by atoms with van der Waals surface area (Å²) in [6.07, 6.45) is 0.610. The lowest BCUT2D eigenvalue weighted by molar-refractivity contribution is -0.137. The molecule has 1 aromatic carbocycles. The number of nitrogens with zero attached hydrogens (tertiary/aromatic N) is 2. The van der Waals surface area contributed by atoms with Crippen LogP contribution in [0.3, 0.4) is 0 Å². The minimum absolute atomic E-state index is 0.127. The molecule has 2 aromatic rings. The van der Waals surface area contributed by atoms with E-state index in [9.17, 15) is 4.79 Å². The maximum atomic E-state index is 10.6. The fourth-order valence-electron chi connectivity index (χ4n) is 2.05. The van der Waals surface area contributed by atoms with Crippen LogP contribution in [0.1, 0.15) is 24.7 Å². The summed E-state index contributed by atoms with van der Waals surface area (Å²) >= 11 is 0. The summed E-state index contributed by atoms with van der Waals surface area (Å²) in [7, 11) is 0. The van der Waals surface area contributed by atoms with Crippen molar-refractivity contribution in [2.45, 2.75) is 33.2 Å². The van der Waals surface area contributed by atoms with Crippen LogP contribution in [0.25, 0.3) is 11.0 Å². The predicted octanol–water partition coefficient (Wildman–Crippen LogP) is 2.38. The third-order valence-electron chi connectivity index (χ3n) is 2.86. The normalized spacial score (nSPS) is 10.9. The van der Waals surface area contributed by atoms with Gasteiger partial charge in [-0.25, -0.2) is 4.98 Å². The Kier molecular flexibility index (Phi) is 3.13. The van der Waals surface area contributed by atoms with Crippen LogP contribution in [-0.2, 0) is 17.8 Å². The van der Waals surface area contributed by atoms with Crippen molar-refractivity contribution in [2.75, 3.05) is 0 Å². The molecule has 90 valence electrons. The molecule has 0 atom stereocenters. The lowest BCUT2D eigenvalue weighted by Gasteiger charge is -2.04. The molecule has 0 aliphatic rings. The summed E-state index contributed by atoms with van der Waals surface area (Å²) in [4.78, 5) is 15.1. The highest BCUT2D eigenvalue weighted by molar-refractivity contribution is 5.77. The van der Waals surface area contributed by atoms with Crippen molar-refractivity contribution in [3.8, 4) is 0 Å². The Bertz CT molecular complexity index is 558. The molecule has 0 bridgehead atoms. The minimum atomic E-state index is -0.782. The topological polar surface area (TPSA) is 55.1 Å². The molecule has 0 aliphatic heterocycles. The van der Waals surface area contributed by atoms with Crippen LogP contribution < -0.4 is 0 Å². The maximum Gasteiger partial charge on any atom is 0.303 e. The highest BCUT2D eigenvalue weighted by Crippen LogP contribution is 2.18. The van der Waals surface area contributed by atoms with Crippen molar-refractivity contribution >= 4 is 17.0 Å². The van der Waals surface area contributed by atoms with Crippen LogP contribution in [0, 0.1) is 6.92 Å². The second-order valence-corrected chi connectivity index (χ2v) is 4.16. The van der Waals surface area contributed by atoms with Gasteiger partial charge in [0, 0.05) is 13.0 Å². The van der Waals surface area contributed by atoms with E-state index < -0.39 is 5.97 Å². The van der Waals surface area contributed by atoms with Gasteiger partial charge < -0.3 is 9.67 Å². The molecule has 2 rings (SSSR count). The average Bonchev–Trinajstić information content (AvgIpc) is 2.62. The Hall–Kier alpha value is -1.84. The van der Waals surface area contributed by atoms with Gasteiger partial charge in [0.25, 0.3) is 0 Å². The molecule has 1 aromatic heterocycles. The number of aryl methyl sites for hydroxylation is 3. The van der Waals surface area contributed by atoms with E-state index in [4.69, 9.17) is 5.11 Å². The van der Waals surface area contributed by atoms with Crippen LogP contribution in [0.5, 0.6) is 0 Å². The third-order valence-corrected chi connectivity index (χ3v) is 2.86. The van der Waals surface area contributed by atoms with E-state index in [1.54, 1.807) is 0 Å². The number of carboxylic acids is 1. The third kappa shape index (κ3) is 2.30. The molecule has 0 spiro atoms. The van der Waals surface area contributed by atoms with E-state index in [1.807, 2.05) is 26.0 Å². The fourth-order valence-corrected chi connectivity index (χ4v) is 2.05. The van der Waals surface area contributed by atoms with Gasteiger partial charge in [0.05, 0.1) is 17.5 Å². The summed E-state index contributed by atoms with van der Waals surface area (Å²) in [6, 6.07) is 6.13. The van der Waals surface area contributed by atoms with Crippen molar-refractivity contribution in [1.29, 1.82) is 0 Å². The molecule has 0 amide bonds. The molecule has 4 heteroatoms. The molecule has 0 saturated carbocycles. The summed E-state index contributed by atoms with van der Waals surface area (Å²) in [5.74, 6) is 0.0754. The van der Waals surface area contributed by atoms with Crippen molar-refractivity contribution < 1.29 is 9.90 Å². The first-order valence-electron chi connectivity index (χ1n) is 5.79. The van der Waals surface area contributed by atoms with Gasteiger partial charge in [0.2, 0.25) is 0 Å². The highest BCUT2D eigenvalue weighted by Gasteiger charge is 2.10. The first-order chi connectivity index (χ1) is 8.11. The van der Waals surface area contributed by atoms with Crippen molar-refractivity contribution in [3.05, 3.63) is 29.6 Å². The standard InChI is InChI=1S/C13H16N2O2/c1-3-15-11-5-4-9(2)8-10(11)14-12(15)6-7-13(16)17/h4-5,8H,3,6-7H2,1-2H3,(H,16,17). The zero-order chi connectivity index (χ0) is 12.4. The molecule has 0 aliphatic carbocycles. The Balaban J connectivity index is 2.44. The average molecular weight is 232 g/mol. The Morgan fingerprint density at radius 1 is 1.47 bits per heavy atom. The molecule has 1 heterocycles. The number of hydrogen-bond donors (Lipinski definition) is 1. The van der Waals surface area contributed by atoms with Crippen molar-refractivity contribution in [1.82, 2.24) is 9.55 Å². The first-order valence-corrected chi connectivity index (χ1v) is 5.79. The van der Waals surface area contributed by atoms with Gasteiger partial charge >= 0.3 is 5.97 Å². The van der Waals surface area contributed by atoms with E-state index >= 15 is 0 Å². The van der Waals surface area contributed by atoms with E-state index in [0.717, 1.165) is 23.4 Å². The van der Waals surface area contributed by atoms with Crippen molar-refractivity contribution in [2.24, 2.45) is 0 Å². The van der Waals surface area contributed by atoms with Crippen LogP contribution in [-0.4, -0.2) is 20.6 Å². The second-order valence-electron chi connectivity index (χ2n) is 4.16. The zero-order valence-corrected chi connectivity index (χ0v) is 10.1. The predicted molar refractivity (Wildman–Crippen MR) is 66.1 cm³/mol. The lowest BCUT2D eigenvalue weighted by Crippen LogP contribution is -2.05. The van der Waals surface area contributed by atoms with Gasteiger partial charge in [0.1, 0.15) is 5.82 Å². The molecule has 1 N–H and O–H groups in total. The smallest absolute Gasteiger partial charge is 0.303 e. The molecule has 0 radical (unpaired) electrons. The minimum Gasteiger partial charge on any atom is -0.481 e. The van der Waals surface area contributed by atoms with Gasteiger partial charge in [-0.2, -0.15) is 0 Å². The molecular formula is C13H16N2O2. The number of carbonyl (C=O) groups is 1. The number of hydrogen-bond acceptors (Lipinski definition) is 2. The second kappa shape index (κ2) is 4.57. The van der Waals surface area contributed by atoms with Gasteiger partial charge in [0.15, 0.2) is 0 Å². The van der Waals surface area contributed by atoms with Gasteiger partial charge in [-0.1, -0.05) is 6.07 Å². The Labute approximate surface area is 99.9 Å². The van der Waals surface area contributed by atoms with Gasteiger partial charge in [-0.3, -0.25) is 4.79 Å². The van der Waals surface area contributed by atoms with Crippen molar-refractivity contribution in [3.63, 3.8) is 0 Å². The molecule has 0 unspecified atom stereocenters. The zero-order valence-electron chi connectivity index (χ0n) is 10.1.